The smallest absolute Gasteiger partial charge is 0.410 e. The summed E-state index contributed by atoms with van der Waals surface area (Å²) in [5.41, 5.74) is 5.37. The predicted molar refractivity (Wildman–Crippen MR) is 181 cm³/mol. The number of pyridine rings is 1. The van der Waals surface area contributed by atoms with Gasteiger partial charge in [-0.1, -0.05) is 97.1 Å². The summed E-state index contributed by atoms with van der Waals surface area (Å²) in [5.74, 6) is 0. The summed E-state index contributed by atoms with van der Waals surface area (Å²) in [6.07, 6.45) is 3.94. The zero-order valence-electron chi connectivity index (χ0n) is 26.4. The van der Waals surface area contributed by atoms with Gasteiger partial charge in [0.25, 0.3) is 0 Å². The van der Waals surface area contributed by atoms with Crippen molar-refractivity contribution in [3.8, 4) is 11.1 Å². The van der Waals surface area contributed by atoms with Crippen LogP contribution in [0.5, 0.6) is 0 Å². The molecular weight excluding hydrogens is 572 g/mol. The largest absolute Gasteiger partial charge is 0.444 e. The van der Waals surface area contributed by atoms with Crippen LogP contribution in [0.3, 0.4) is 0 Å². The summed E-state index contributed by atoms with van der Waals surface area (Å²) in [4.78, 5) is 31.2. The number of carbonyl (C=O) groups excluding carboxylic acids is 2. The number of amides is 1. The number of carbonyl (C=O) groups is 2. The lowest BCUT2D eigenvalue weighted by atomic mass is 9.77. The van der Waals surface area contributed by atoms with E-state index in [1.807, 2.05) is 104 Å². The first-order valence-corrected chi connectivity index (χ1v) is 15.2. The Morgan fingerprint density at radius 3 is 1.87 bits per heavy atom. The van der Waals surface area contributed by atoms with E-state index in [9.17, 15) is 9.59 Å². The Kier molecular flexibility index (Phi) is 8.24. The fraction of sp³-hybridized carbons (Fsp3) is 0.179. The van der Waals surface area contributed by atoms with Gasteiger partial charge in [-0.2, -0.15) is 5.10 Å². The van der Waals surface area contributed by atoms with Gasteiger partial charge in [-0.25, -0.2) is 9.48 Å². The van der Waals surface area contributed by atoms with Gasteiger partial charge in [0, 0.05) is 30.4 Å². The number of fused-ring (bicyclic) bond motifs is 1. The molecule has 2 heterocycles. The number of hydrogen-bond acceptors (Lipinski definition) is 5. The summed E-state index contributed by atoms with van der Waals surface area (Å²) in [6, 6.07) is 38.9. The van der Waals surface area contributed by atoms with E-state index in [0.29, 0.717) is 12.2 Å². The molecule has 0 saturated carbocycles. The van der Waals surface area contributed by atoms with E-state index in [-0.39, 0.29) is 0 Å². The predicted octanol–water partition coefficient (Wildman–Crippen LogP) is 8.12. The maximum Gasteiger partial charge on any atom is 0.410 e. The summed E-state index contributed by atoms with van der Waals surface area (Å²) in [5, 5.41) is 5.76. The Labute approximate surface area is 269 Å². The second kappa shape index (κ2) is 12.4. The highest BCUT2D eigenvalue weighted by Crippen LogP contribution is 2.43. The lowest BCUT2D eigenvalue weighted by Gasteiger charge is -2.37. The van der Waals surface area contributed by atoms with Gasteiger partial charge < -0.3 is 9.64 Å². The average molecular weight is 609 g/mol. The molecule has 4 aromatic carbocycles. The fourth-order valence-electron chi connectivity index (χ4n) is 5.98. The molecule has 0 bridgehead atoms. The molecule has 0 aliphatic rings. The standard InChI is InChI=1S/C39H36N4O3/c1-38(2,3)46-37(45)42(4)26-28-22-30(25-40-24-28)29-20-21-36-34(23-29)35(27-44)41-43(36)39(31-14-8-5-9-15-31,32-16-10-6-11-17-32)33-18-12-7-13-19-33/h5-25,27H,26H2,1-4H3. The second-order valence-electron chi connectivity index (χ2n) is 12.4. The summed E-state index contributed by atoms with van der Waals surface area (Å²) in [7, 11) is 1.70. The first kappa shape index (κ1) is 30.5. The molecule has 6 rings (SSSR count). The molecule has 0 radical (unpaired) electrons. The highest BCUT2D eigenvalue weighted by atomic mass is 16.6. The maximum absolute atomic E-state index is 12.6. The van der Waals surface area contributed by atoms with Gasteiger partial charge in [-0.15, -0.1) is 0 Å². The fourth-order valence-corrected chi connectivity index (χ4v) is 5.98. The van der Waals surface area contributed by atoms with E-state index in [1.165, 1.54) is 4.90 Å². The van der Waals surface area contributed by atoms with Crippen molar-refractivity contribution in [2.75, 3.05) is 7.05 Å². The van der Waals surface area contributed by atoms with Crippen molar-refractivity contribution in [3.63, 3.8) is 0 Å². The van der Waals surface area contributed by atoms with Crippen LogP contribution in [0.15, 0.2) is 128 Å². The van der Waals surface area contributed by atoms with Crippen LogP contribution in [-0.2, 0) is 16.8 Å². The molecule has 2 aromatic heterocycles. The first-order valence-electron chi connectivity index (χ1n) is 15.2. The number of ether oxygens (including phenoxy) is 1. The summed E-state index contributed by atoms with van der Waals surface area (Å²) < 4.78 is 7.50. The van der Waals surface area contributed by atoms with Crippen molar-refractivity contribution in [3.05, 3.63) is 156 Å². The maximum atomic E-state index is 12.6. The Hall–Kier alpha value is -5.56. The minimum absolute atomic E-state index is 0.337. The molecule has 0 N–H and O–H groups in total. The third-order valence-electron chi connectivity index (χ3n) is 7.97. The van der Waals surface area contributed by atoms with Crippen LogP contribution < -0.4 is 0 Å². The zero-order valence-corrected chi connectivity index (χ0v) is 26.4. The van der Waals surface area contributed by atoms with Crippen LogP contribution in [0.1, 0.15) is 53.5 Å². The Morgan fingerprint density at radius 2 is 1.35 bits per heavy atom. The molecule has 0 aliphatic heterocycles. The quantitative estimate of drug-likeness (QED) is 0.129. The molecule has 0 aliphatic carbocycles. The van der Waals surface area contributed by atoms with Crippen molar-refractivity contribution >= 4 is 23.3 Å². The van der Waals surface area contributed by atoms with Crippen LogP contribution in [-0.4, -0.2) is 44.7 Å². The topological polar surface area (TPSA) is 77.3 Å². The van der Waals surface area contributed by atoms with E-state index < -0.39 is 17.2 Å². The minimum atomic E-state index is -0.863. The van der Waals surface area contributed by atoms with Crippen LogP contribution in [0.4, 0.5) is 4.79 Å². The molecule has 6 aromatic rings. The third kappa shape index (κ3) is 5.79. The van der Waals surface area contributed by atoms with Crippen LogP contribution in [0.25, 0.3) is 22.0 Å². The van der Waals surface area contributed by atoms with Crippen LogP contribution >= 0.6 is 0 Å². The number of hydrogen-bond donors (Lipinski definition) is 0. The third-order valence-corrected chi connectivity index (χ3v) is 7.97. The van der Waals surface area contributed by atoms with Crippen LogP contribution in [0, 0.1) is 0 Å². The van der Waals surface area contributed by atoms with Crippen molar-refractivity contribution in [1.82, 2.24) is 19.7 Å². The average Bonchev–Trinajstić information content (AvgIpc) is 3.44. The van der Waals surface area contributed by atoms with E-state index in [4.69, 9.17) is 9.84 Å². The van der Waals surface area contributed by atoms with Gasteiger partial charge in [-0.05, 0) is 66.8 Å². The second-order valence-corrected chi connectivity index (χ2v) is 12.4. The Morgan fingerprint density at radius 1 is 0.783 bits per heavy atom. The lowest BCUT2D eigenvalue weighted by Crippen LogP contribution is -2.38. The van der Waals surface area contributed by atoms with Crippen molar-refractivity contribution in [2.45, 2.75) is 38.5 Å². The molecule has 0 fully saturated rings. The lowest BCUT2D eigenvalue weighted by molar-refractivity contribution is 0.0285. The van der Waals surface area contributed by atoms with E-state index in [2.05, 4.69) is 41.4 Å². The minimum Gasteiger partial charge on any atom is -0.444 e. The number of aldehydes is 1. The van der Waals surface area contributed by atoms with E-state index in [1.54, 1.807) is 19.4 Å². The molecule has 0 unspecified atom stereocenters. The van der Waals surface area contributed by atoms with Crippen molar-refractivity contribution < 1.29 is 14.3 Å². The molecule has 0 spiro atoms. The molecule has 230 valence electrons. The molecule has 7 nitrogen and oxygen atoms in total. The van der Waals surface area contributed by atoms with E-state index >= 15 is 0 Å². The Balaban J connectivity index is 1.49. The monoisotopic (exact) mass is 608 g/mol. The van der Waals surface area contributed by atoms with Gasteiger partial charge in [0.1, 0.15) is 16.8 Å². The SMILES string of the molecule is CN(Cc1cncc(-c2ccc3c(c2)c(C=O)nn3C(c2ccccc2)(c2ccccc2)c2ccccc2)c1)C(=O)OC(C)(C)C. The van der Waals surface area contributed by atoms with Crippen molar-refractivity contribution in [2.24, 2.45) is 0 Å². The highest BCUT2D eigenvalue weighted by Gasteiger charge is 2.40. The molecule has 0 atom stereocenters. The van der Waals surface area contributed by atoms with Crippen molar-refractivity contribution in [1.29, 1.82) is 0 Å². The van der Waals surface area contributed by atoms with Crippen LogP contribution in [0.2, 0.25) is 0 Å². The molecule has 7 heteroatoms. The first-order chi connectivity index (χ1) is 22.2. The van der Waals surface area contributed by atoms with Gasteiger partial charge in [0.15, 0.2) is 6.29 Å². The number of benzene rings is 4. The normalized spacial score (nSPS) is 11.7. The molecule has 0 saturated heterocycles. The van der Waals surface area contributed by atoms with Gasteiger partial charge in [0.2, 0.25) is 0 Å². The number of nitrogens with zero attached hydrogens (tertiary/aromatic N) is 4. The number of aromatic nitrogens is 3. The zero-order chi connectivity index (χ0) is 32.3. The highest BCUT2D eigenvalue weighted by molar-refractivity contribution is 5.98. The molecule has 46 heavy (non-hydrogen) atoms. The number of rotatable bonds is 8. The molecule has 1 amide bonds. The van der Waals surface area contributed by atoms with E-state index in [0.717, 1.165) is 50.6 Å². The van der Waals surface area contributed by atoms with Gasteiger partial charge >= 0.3 is 6.09 Å². The summed E-state index contributed by atoms with van der Waals surface area (Å²) in [6.45, 7) is 5.87. The molecular formula is C39H36N4O3. The van der Waals surface area contributed by atoms with Gasteiger partial charge in [-0.3, -0.25) is 9.78 Å². The Bertz CT molecular complexity index is 1880. The van der Waals surface area contributed by atoms with Gasteiger partial charge in [0.05, 0.1) is 12.1 Å². The summed E-state index contributed by atoms with van der Waals surface area (Å²) >= 11 is 0.